The average molecular weight is 316 g/mol. The molecule has 0 aliphatic heterocycles. The first-order chi connectivity index (χ1) is 11.8. The Labute approximate surface area is 142 Å². The van der Waals surface area contributed by atoms with E-state index in [2.05, 4.69) is 59.2 Å². The van der Waals surface area contributed by atoms with Crippen LogP contribution in [0.3, 0.4) is 0 Å². The third-order valence-corrected chi connectivity index (χ3v) is 3.76. The molecule has 0 aliphatic carbocycles. The summed E-state index contributed by atoms with van der Waals surface area (Å²) < 4.78 is 0. The largest absolute Gasteiger partial charge is 0.334 e. The Morgan fingerprint density at radius 1 is 0.667 bits per heavy atom. The fourth-order valence-electron chi connectivity index (χ4n) is 2.49. The number of urea groups is 1. The fourth-order valence-corrected chi connectivity index (χ4v) is 2.49. The molecule has 0 radical (unpaired) electrons. The summed E-state index contributed by atoms with van der Waals surface area (Å²) in [6.45, 7) is 0.504. The number of benzene rings is 3. The lowest BCUT2D eigenvalue weighted by Crippen LogP contribution is -2.28. The highest BCUT2D eigenvalue weighted by Crippen LogP contribution is 2.11. The van der Waals surface area contributed by atoms with Crippen molar-refractivity contribution in [3.8, 4) is 0 Å². The van der Waals surface area contributed by atoms with Crippen LogP contribution in [0, 0.1) is 0 Å². The molecule has 2 N–H and O–H groups in total. The van der Waals surface area contributed by atoms with E-state index in [4.69, 9.17) is 0 Å². The quantitative estimate of drug-likeness (QED) is 0.709. The summed E-state index contributed by atoms with van der Waals surface area (Å²) in [6, 6.07) is 27.9. The van der Waals surface area contributed by atoms with Crippen LogP contribution in [0.1, 0.15) is 16.7 Å². The van der Waals surface area contributed by atoms with Crippen molar-refractivity contribution in [1.82, 2.24) is 5.32 Å². The molecule has 3 aromatic rings. The van der Waals surface area contributed by atoms with Gasteiger partial charge < -0.3 is 10.6 Å². The zero-order valence-corrected chi connectivity index (χ0v) is 13.4. The molecule has 0 saturated carbocycles. The molecule has 0 aromatic heterocycles. The molecule has 0 spiro atoms. The second-order valence-corrected chi connectivity index (χ2v) is 5.65. The van der Waals surface area contributed by atoms with E-state index in [1.54, 1.807) is 0 Å². The monoisotopic (exact) mass is 316 g/mol. The smallest absolute Gasteiger partial charge is 0.319 e. The van der Waals surface area contributed by atoms with Crippen LogP contribution >= 0.6 is 0 Å². The molecular weight excluding hydrogens is 296 g/mol. The van der Waals surface area contributed by atoms with Crippen molar-refractivity contribution >= 4 is 11.7 Å². The summed E-state index contributed by atoms with van der Waals surface area (Å²) in [6.07, 6.45) is 0.920. The van der Waals surface area contributed by atoms with Gasteiger partial charge in [-0.1, -0.05) is 72.8 Å². The number of amides is 2. The van der Waals surface area contributed by atoms with Gasteiger partial charge in [-0.3, -0.25) is 0 Å². The number of rotatable bonds is 5. The summed E-state index contributed by atoms with van der Waals surface area (Å²) in [5.74, 6) is 0. The second-order valence-electron chi connectivity index (χ2n) is 5.65. The van der Waals surface area contributed by atoms with Crippen LogP contribution in [0.4, 0.5) is 10.5 Å². The van der Waals surface area contributed by atoms with E-state index < -0.39 is 0 Å². The van der Waals surface area contributed by atoms with Crippen LogP contribution in [0.25, 0.3) is 0 Å². The normalized spacial score (nSPS) is 10.2. The lowest BCUT2D eigenvalue weighted by molar-refractivity contribution is 0.251. The lowest BCUT2D eigenvalue weighted by atomic mass is 10.0. The number of nitrogens with one attached hydrogen (secondary N) is 2. The van der Waals surface area contributed by atoms with Gasteiger partial charge in [0.1, 0.15) is 0 Å². The summed E-state index contributed by atoms with van der Waals surface area (Å²) in [4.78, 5) is 11.9. The third kappa shape index (κ3) is 4.71. The van der Waals surface area contributed by atoms with Gasteiger partial charge in [0.25, 0.3) is 0 Å². The molecule has 3 aromatic carbocycles. The van der Waals surface area contributed by atoms with Gasteiger partial charge in [0.2, 0.25) is 0 Å². The molecule has 3 nitrogen and oxygen atoms in total. The second kappa shape index (κ2) is 7.97. The zero-order valence-electron chi connectivity index (χ0n) is 13.4. The van der Waals surface area contributed by atoms with E-state index in [1.165, 1.54) is 11.1 Å². The maximum absolute atomic E-state index is 11.9. The SMILES string of the molecule is O=C(NCc1ccc(Cc2ccccc2)cc1)Nc1ccccc1. The van der Waals surface area contributed by atoms with Crippen molar-refractivity contribution < 1.29 is 4.79 Å². The molecule has 0 atom stereocenters. The first-order valence-electron chi connectivity index (χ1n) is 8.01. The van der Waals surface area contributed by atoms with Crippen molar-refractivity contribution in [3.63, 3.8) is 0 Å². The van der Waals surface area contributed by atoms with E-state index in [9.17, 15) is 4.79 Å². The highest BCUT2D eigenvalue weighted by atomic mass is 16.2. The maximum atomic E-state index is 11.9. The molecule has 0 unspecified atom stereocenters. The molecule has 2 amide bonds. The van der Waals surface area contributed by atoms with Crippen molar-refractivity contribution in [3.05, 3.63) is 102 Å². The first kappa shape index (κ1) is 15.8. The van der Waals surface area contributed by atoms with Gasteiger partial charge in [-0.05, 0) is 35.2 Å². The number of hydrogen-bond donors (Lipinski definition) is 2. The predicted octanol–water partition coefficient (Wildman–Crippen LogP) is 4.60. The summed E-state index contributed by atoms with van der Waals surface area (Å²) >= 11 is 0. The van der Waals surface area contributed by atoms with Crippen molar-refractivity contribution in [2.24, 2.45) is 0 Å². The molecule has 0 saturated heterocycles. The van der Waals surface area contributed by atoms with E-state index in [1.807, 2.05) is 36.4 Å². The third-order valence-electron chi connectivity index (χ3n) is 3.76. The Morgan fingerprint density at radius 3 is 1.88 bits per heavy atom. The molecule has 0 bridgehead atoms. The topological polar surface area (TPSA) is 41.1 Å². The number of para-hydroxylation sites is 1. The number of anilines is 1. The fraction of sp³-hybridized carbons (Fsp3) is 0.0952. The van der Waals surface area contributed by atoms with Gasteiger partial charge in [0.15, 0.2) is 0 Å². The molecule has 0 fully saturated rings. The van der Waals surface area contributed by atoms with Gasteiger partial charge in [0, 0.05) is 12.2 Å². The molecule has 120 valence electrons. The number of carbonyl (C=O) groups is 1. The summed E-state index contributed by atoms with van der Waals surface area (Å²) in [5.41, 5.74) is 4.42. The number of hydrogen-bond acceptors (Lipinski definition) is 1. The maximum Gasteiger partial charge on any atom is 0.319 e. The molecule has 24 heavy (non-hydrogen) atoms. The predicted molar refractivity (Wildman–Crippen MR) is 98.0 cm³/mol. The minimum Gasteiger partial charge on any atom is -0.334 e. The Bertz CT molecular complexity index is 768. The zero-order chi connectivity index (χ0) is 16.6. The van der Waals surface area contributed by atoms with Gasteiger partial charge in [0.05, 0.1) is 0 Å². The van der Waals surface area contributed by atoms with Gasteiger partial charge in [-0.2, -0.15) is 0 Å². The van der Waals surface area contributed by atoms with Gasteiger partial charge in [-0.25, -0.2) is 4.79 Å². The average Bonchev–Trinajstić information content (AvgIpc) is 2.63. The Hall–Kier alpha value is -3.07. The van der Waals surface area contributed by atoms with E-state index >= 15 is 0 Å². The minimum atomic E-state index is -0.199. The first-order valence-corrected chi connectivity index (χ1v) is 8.01. The molecule has 0 heterocycles. The highest BCUT2D eigenvalue weighted by Gasteiger charge is 2.02. The van der Waals surface area contributed by atoms with Crippen LogP contribution < -0.4 is 10.6 Å². The number of carbonyl (C=O) groups excluding carboxylic acids is 1. The van der Waals surface area contributed by atoms with Crippen LogP contribution in [0.5, 0.6) is 0 Å². The Morgan fingerprint density at radius 2 is 1.21 bits per heavy atom. The summed E-state index contributed by atoms with van der Waals surface area (Å²) in [5, 5.41) is 5.67. The standard InChI is InChI=1S/C21H20N2O/c24-21(23-20-9-5-2-6-10-20)22-16-19-13-11-18(12-14-19)15-17-7-3-1-4-8-17/h1-14H,15-16H2,(H2,22,23,24). The van der Waals surface area contributed by atoms with Gasteiger partial charge in [-0.15, -0.1) is 0 Å². The van der Waals surface area contributed by atoms with Crippen molar-refractivity contribution in [2.45, 2.75) is 13.0 Å². The van der Waals surface area contributed by atoms with E-state index in [-0.39, 0.29) is 6.03 Å². The Kier molecular flexibility index (Phi) is 5.25. The van der Waals surface area contributed by atoms with E-state index in [0.29, 0.717) is 6.54 Å². The van der Waals surface area contributed by atoms with Crippen LogP contribution in [-0.4, -0.2) is 6.03 Å². The van der Waals surface area contributed by atoms with Crippen LogP contribution in [0.2, 0.25) is 0 Å². The molecular formula is C21H20N2O. The molecule has 3 heteroatoms. The molecule has 3 rings (SSSR count). The van der Waals surface area contributed by atoms with Crippen molar-refractivity contribution in [1.29, 1.82) is 0 Å². The Balaban J connectivity index is 1.50. The van der Waals surface area contributed by atoms with Crippen LogP contribution in [-0.2, 0) is 13.0 Å². The highest BCUT2D eigenvalue weighted by molar-refractivity contribution is 5.89. The lowest BCUT2D eigenvalue weighted by Gasteiger charge is -2.08. The molecule has 0 aliphatic rings. The summed E-state index contributed by atoms with van der Waals surface area (Å²) in [7, 11) is 0. The minimum absolute atomic E-state index is 0.199. The van der Waals surface area contributed by atoms with Gasteiger partial charge >= 0.3 is 6.03 Å². The van der Waals surface area contributed by atoms with E-state index in [0.717, 1.165) is 17.7 Å². The van der Waals surface area contributed by atoms with Crippen LogP contribution in [0.15, 0.2) is 84.9 Å². The van der Waals surface area contributed by atoms with Crippen molar-refractivity contribution in [2.75, 3.05) is 5.32 Å².